The van der Waals surface area contributed by atoms with Gasteiger partial charge < -0.3 is 4.90 Å². The van der Waals surface area contributed by atoms with Gasteiger partial charge in [0.15, 0.2) is 0 Å². The Morgan fingerprint density at radius 3 is 2.48 bits per heavy atom. The van der Waals surface area contributed by atoms with Gasteiger partial charge in [-0.2, -0.15) is 5.10 Å². The number of likely N-dealkylation sites (tertiary alicyclic amines) is 1. The van der Waals surface area contributed by atoms with Gasteiger partial charge in [-0.15, -0.1) is 0 Å². The van der Waals surface area contributed by atoms with Crippen molar-refractivity contribution < 1.29 is 4.79 Å². The Morgan fingerprint density at radius 1 is 1.04 bits per heavy atom. The Hall–Kier alpha value is -2.10. The van der Waals surface area contributed by atoms with Crippen LogP contribution in [0.5, 0.6) is 0 Å². The summed E-state index contributed by atoms with van der Waals surface area (Å²) in [4.78, 5) is 15.2. The van der Waals surface area contributed by atoms with Crippen molar-refractivity contribution in [1.82, 2.24) is 14.7 Å². The average Bonchev–Trinajstić information content (AvgIpc) is 2.99. The van der Waals surface area contributed by atoms with Crippen molar-refractivity contribution in [3.63, 3.8) is 0 Å². The van der Waals surface area contributed by atoms with Crippen LogP contribution in [-0.2, 0) is 0 Å². The van der Waals surface area contributed by atoms with E-state index in [1.54, 1.807) is 0 Å². The number of piperidine rings is 1. The van der Waals surface area contributed by atoms with Gasteiger partial charge in [0.05, 0.1) is 11.4 Å². The molecule has 0 unspecified atom stereocenters. The molecule has 2 aromatic rings. The van der Waals surface area contributed by atoms with Crippen LogP contribution in [0.2, 0.25) is 0 Å². The number of nitrogens with zero attached hydrogens (tertiary/aromatic N) is 3. The topological polar surface area (TPSA) is 38.1 Å². The number of hydrogen-bond acceptors (Lipinski definition) is 2. The van der Waals surface area contributed by atoms with E-state index in [1.165, 1.54) is 32.1 Å². The fraction of sp³-hybridized carbons (Fsp3) is 0.524. The van der Waals surface area contributed by atoms with E-state index in [9.17, 15) is 4.79 Å². The van der Waals surface area contributed by atoms with Crippen LogP contribution in [0.15, 0.2) is 30.3 Å². The van der Waals surface area contributed by atoms with Crippen LogP contribution in [0, 0.1) is 19.8 Å². The highest BCUT2D eigenvalue weighted by Crippen LogP contribution is 2.36. The zero-order chi connectivity index (χ0) is 17.4. The Morgan fingerprint density at radius 2 is 1.76 bits per heavy atom. The number of carbonyl (C=O) groups is 1. The van der Waals surface area contributed by atoms with Crippen molar-refractivity contribution >= 4 is 5.91 Å². The molecule has 1 aromatic carbocycles. The second-order valence-corrected chi connectivity index (χ2v) is 7.64. The number of aryl methyl sites for hydroxylation is 2. The van der Waals surface area contributed by atoms with Crippen LogP contribution in [0.1, 0.15) is 60.3 Å². The lowest BCUT2D eigenvalue weighted by molar-refractivity contribution is 0.0390. The summed E-state index contributed by atoms with van der Waals surface area (Å²) >= 11 is 0. The fourth-order valence-electron chi connectivity index (χ4n) is 4.68. The molecule has 4 nitrogen and oxygen atoms in total. The molecule has 0 bridgehead atoms. The number of amides is 1. The minimum Gasteiger partial charge on any atom is -0.335 e. The summed E-state index contributed by atoms with van der Waals surface area (Å²) in [5.41, 5.74) is 3.93. The first kappa shape index (κ1) is 16.4. The summed E-state index contributed by atoms with van der Waals surface area (Å²) in [6, 6.07) is 10.5. The summed E-state index contributed by atoms with van der Waals surface area (Å²) in [6.07, 6.45) is 7.52. The van der Waals surface area contributed by atoms with E-state index >= 15 is 0 Å². The summed E-state index contributed by atoms with van der Waals surface area (Å²) < 4.78 is 1.93. The SMILES string of the molecule is Cc1cc(C)n(-c2ccc(C(=O)N3CCC[C@@H]4CCCC[C@@H]43)cc2)n1. The van der Waals surface area contributed by atoms with Gasteiger partial charge in [0.2, 0.25) is 0 Å². The standard InChI is InChI=1S/C21H27N3O/c1-15-14-16(2)24(22-15)19-11-9-18(10-12-19)21(25)23-13-5-7-17-6-3-4-8-20(17)23/h9-12,14,17,20H,3-8,13H2,1-2H3/t17-,20-/m0/s1. The first-order valence-electron chi connectivity index (χ1n) is 9.58. The smallest absolute Gasteiger partial charge is 0.254 e. The Kier molecular flexibility index (Phi) is 4.36. The zero-order valence-corrected chi connectivity index (χ0v) is 15.2. The van der Waals surface area contributed by atoms with Crippen LogP contribution in [0.3, 0.4) is 0 Å². The largest absolute Gasteiger partial charge is 0.335 e. The maximum atomic E-state index is 13.1. The number of aromatic nitrogens is 2. The normalized spacial score (nSPS) is 23.4. The molecular formula is C21H27N3O. The van der Waals surface area contributed by atoms with E-state index in [-0.39, 0.29) is 5.91 Å². The van der Waals surface area contributed by atoms with E-state index < -0.39 is 0 Å². The molecule has 2 heterocycles. The molecule has 4 rings (SSSR count). The van der Waals surface area contributed by atoms with Crippen molar-refractivity contribution in [3.05, 3.63) is 47.3 Å². The van der Waals surface area contributed by atoms with Crippen LogP contribution in [-0.4, -0.2) is 33.2 Å². The Labute approximate surface area is 149 Å². The molecule has 4 heteroatoms. The third-order valence-corrected chi connectivity index (χ3v) is 5.87. The number of rotatable bonds is 2. The van der Waals surface area contributed by atoms with Crippen molar-refractivity contribution in [1.29, 1.82) is 0 Å². The van der Waals surface area contributed by atoms with Crippen LogP contribution < -0.4 is 0 Å². The van der Waals surface area contributed by atoms with E-state index in [0.29, 0.717) is 6.04 Å². The molecule has 2 aliphatic rings. The highest BCUT2D eigenvalue weighted by molar-refractivity contribution is 5.94. The van der Waals surface area contributed by atoms with Crippen molar-refractivity contribution in [2.24, 2.45) is 5.92 Å². The van der Waals surface area contributed by atoms with E-state index in [4.69, 9.17) is 0 Å². The zero-order valence-electron chi connectivity index (χ0n) is 15.2. The van der Waals surface area contributed by atoms with Crippen molar-refractivity contribution in [2.75, 3.05) is 6.54 Å². The molecule has 25 heavy (non-hydrogen) atoms. The molecule has 1 amide bonds. The molecule has 0 N–H and O–H groups in total. The molecular weight excluding hydrogens is 310 g/mol. The van der Waals surface area contributed by atoms with Gasteiger partial charge in [-0.3, -0.25) is 4.79 Å². The van der Waals surface area contributed by atoms with Crippen LogP contribution in [0.4, 0.5) is 0 Å². The van der Waals surface area contributed by atoms with Gasteiger partial charge in [0, 0.05) is 23.8 Å². The minimum atomic E-state index is 0.205. The lowest BCUT2D eigenvalue weighted by Gasteiger charge is -2.44. The second kappa shape index (κ2) is 6.66. The van der Waals surface area contributed by atoms with Crippen LogP contribution >= 0.6 is 0 Å². The molecule has 0 spiro atoms. The third-order valence-electron chi connectivity index (χ3n) is 5.87. The van der Waals surface area contributed by atoms with Gasteiger partial charge in [0.25, 0.3) is 5.91 Å². The molecule has 1 saturated heterocycles. The second-order valence-electron chi connectivity index (χ2n) is 7.64. The maximum absolute atomic E-state index is 13.1. The maximum Gasteiger partial charge on any atom is 0.254 e. The quantitative estimate of drug-likeness (QED) is 0.820. The summed E-state index contributed by atoms with van der Waals surface area (Å²) in [5, 5.41) is 4.52. The van der Waals surface area contributed by atoms with Gasteiger partial charge in [0.1, 0.15) is 0 Å². The van der Waals surface area contributed by atoms with Gasteiger partial charge >= 0.3 is 0 Å². The fourth-order valence-corrected chi connectivity index (χ4v) is 4.68. The van der Waals surface area contributed by atoms with Crippen molar-refractivity contribution in [2.45, 2.75) is 58.4 Å². The molecule has 132 valence electrons. The molecule has 1 aliphatic carbocycles. The average molecular weight is 337 g/mol. The molecule has 0 radical (unpaired) electrons. The van der Waals surface area contributed by atoms with E-state index in [0.717, 1.165) is 41.5 Å². The lowest BCUT2D eigenvalue weighted by Crippen LogP contribution is -2.49. The highest BCUT2D eigenvalue weighted by Gasteiger charge is 2.35. The predicted octanol–water partition coefficient (Wildman–Crippen LogP) is 4.28. The molecule has 1 aromatic heterocycles. The summed E-state index contributed by atoms with van der Waals surface area (Å²) in [5.74, 6) is 0.928. The number of benzene rings is 1. The third kappa shape index (κ3) is 3.10. The first-order valence-corrected chi connectivity index (χ1v) is 9.58. The minimum absolute atomic E-state index is 0.205. The summed E-state index contributed by atoms with van der Waals surface area (Å²) in [6.45, 7) is 4.97. The van der Waals surface area contributed by atoms with Crippen LogP contribution in [0.25, 0.3) is 5.69 Å². The molecule has 1 saturated carbocycles. The van der Waals surface area contributed by atoms with Crippen molar-refractivity contribution in [3.8, 4) is 5.69 Å². The number of carbonyl (C=O) groups excluding carboxylic acids is 1. The monoisotopic (exact) mass is 337 g/mol. The number of fused-ring (bicyclic) bond motifs is 1. The number of hydrogen-bond donors (Lipinski definition) is 0. The van der Waals surface area contributed by atoms with Gasteiger partial charge in [-0.05, 0) is 75.8 Å². The Bertz CT molecular complexity index is 760. The van der Waals surface area contributed by atoms with E-state index in [2.05, 4.69) is 23.0 Å². The predicted molar refractivity (Wildman–Crippen MR) is 99.1 cm³/mol. The summed E-state index contributed by atoms with van der Waals surface area (Å²) in [7, 11) is 0. The molecule has 2 atom stereocenters. The lowest BCUT2D eigenvalue weighted by atomic mass is 9.78. The van der Waals surface area contributed by atoms with Gasteiger partial charge in [-0.1, -0.05) is 12.8 Å². The molecule has 1 aliphatic heterocycles. The highest BCUT2D eigenvalue weighted by atomic mass is 16.2. The van der Waals surface area contributed by atoms with E-state index in [1.807, 2.05) is 35.9 Å². The first-order chi connectivity index (χ1) is 12.1. The Balaban J connectivity index is 1.55. The van der Waals surface area contributed by atoms with Gasteiger partial charge in [-0.25, -0.2) is 4.68 Å². The molecule has 2 fully saturated rings.